The second-order valence-electron chi connectivity index (χ2n) is 5.05. The molecule has 1 saturated heterocycles. The van der Waals surface area contributed by atoms with Gasteiger partial charge < -0.3 is 10.6 Å². The molecule has 0 radical (unpaired) electrons. The average Bonchev–Trinajstić information content (AvgIpc) is 2.28. The van der Waals surface area contributed by atoms with E-state index in [2.05, 4.69) is 11.8 Å². The molecule has 2 nitrogen and oxygen atoms in total. The molecule has 94 valence electrons. The minimum atomic E-state index is -0.142. The normalized spacial score (nSPS) is 26.1. The number of nitrogens with two attached hydrogens (primary N) is 1. The predicted molar refractivity (Wildman–Crippen MR) is 68.3 cm³/mol. The maximum Gasteiger partial charge on any atom is 0.123 e. The van der Waals surface area contributed by atoms with Gasteiger partial charge in [-0.2, -0.15) is 0 Å². The molecule has 0 aliphatic carbocycles. The first kappa shape index (κ1) is 12.5. The number of rotatable bonds is 3. The van der Waals surface area contributed by atoms with E-state index in [4.69, 9.17) is 5.73 Å². The summed E-state index contributed by atoms with van der Waals surface area (Å²) in [5.74, 6) is -0.142. The van der Waals surface area contributed by atoms with E-state index in [0.29, 0.717) is 12.1 Å². The van der Waals surface area contributed by atoms with Crippen LogP contribution in [0.5, 0.6) is 0 Å². The smallest absolute Gasteiger partial charge is 0.123 e. The Bertz CT molecular complexity index is 367. The molecule has 2 unspecified atom stereocenters. The molecule has 2 rings (SSSR count). The van der Waals surface area contributed by atoms with E-state index >= 15 is 0 Å². The van der Waals surface area contributed by atoms with Crippen LogP contribution in [0.1, 0.15) is 25.3 Å². The fourth-order valence-corrected chi connectivity index (χ4v) is 2.55. The van der Waals surface area contributed by atoms with Crippen molar-refractivity contribution in [2.75, 3.05) is 13.1 Å². The molecule has 2 N–H and O–H groups in total. The van der Waals surface area contributed by atoms with Crippen LogP contribution in [0.3, 0.4) is 0 Å². The van der Waals surface area contributed by atoms with Crippen molar-refractivity contribution < 1.29 is 4.39 Å². The van der Waals surface area contributed by atoms with Crippen molar-refractivity contribution in [2.24, 2.45) is 5.73 Å². The van der Waals surface area contributed by atoms with Crippen molar-refractivity contribution in [3.63, 3.8) is 0 Å². The standard InChI is InChI=1S/C14H21FN2/c1-11-9-14(16)6-8-17(11)7-5-12-3-2-4-13(15)10-12/h2-4,10-11,14H,5-9,16H2,1H3. The number of hydrogen-bond acceptors (Lipinski definition) is 2. The van der Waals surface area contributed by atoms with Crippen molar-refractivity contribution in [2.45, 2.75) is 38.3 Å². The van der Waals surface area contributed by atoms with Gasteiger partial charge >= 0.3 is 0 Å². The molecule has 0 spiro atoms. The molecule has 0 aromatic heterocycles. The maximum absolute atomic E-state index is 13.0. The van der Waals surface area contributed by atoms with Crippen molar-refractivity contribution in [1.82, 2.24) is 4.90 Å². The van der Waals surface area contributed by atoms with Crippen LogP contribution < -0.4 is 5.73 Å². The summed E-state index contributed by atoms with van der Waals surface area (Å²) in [5.41, 5.74) is 7.01. The first-order valence-electron chi connectivity index (χ1n) is 6.39. The quantitative estimate of drug-likeness (QED) is 0.871. The second-order valence-corrected chi connectivity index (χ2v) is 5.05. The van der Waals surface area contributed by atoms with Crippen molar-refractivity contribution >= 4 is 0 Å². The molecule has 0 saturated carbocycles. The van der Waals surface area contributed by atoms with Crippen LogP contribution >= 0.6 is 0 Å². The summed E-state index contributed by atoms with van der Waals surface area (Å²) >= 11 is 0. The molecule has 1 aliphatic heterocycles. The van der Waals surface area contributed by atoms with E-state index in [1.54, 1.807) is 12.1 Å². The zero-order valence-electron chi connectivity index (χ0n) is 10.4. The van der Waals surface area contributed by atoms with Crippen LogP contribution in [-0.2, 0) is 6.42 Å². The summed E-state index contributed by atoms with van der Waals surface area (Å²) in [7, 11) is 0. The molecule has 1 aromatic carbocycles. The summed E-state index contributed by atoms with van der Waals surface area (Å²) < 4.78 is 13.0. The van der Waals surface area contributed by atoms with E-state index in [9.17, 15) is 4.39 Å². The van der Waals surface area contributed by atoms with Gasteiger partial charge in [-0.25, -0.2) is 4.39 Å². The predicted octanol–water partition coefficient (Wildman–Crippen LogP) is 2.18. The molecule has 2 atom stereocenters. The summed E-state index contributed by atoms with van der Waals surface area (Å²) in [6, 6.07) is 7.79. The first-order chi connectivity index (χ1) is 8.15. The van der Waals surface area contributed by atoms with Crippen LogP contribution in [0.25, 0.3) is 0 Å². The largest absolute Gasteiger partial charge is 0.328 e. The summed E-state index contributed by atoms with van der Waals surface area (Å²) in [4.78, 5) is 2.45. The van der Waals surface area contributed by atoms with E-state index in [-0.39, 0.29) is 5.82 Å². The lowest BCUT2D eigenvalue weighted by molar-refractivity contribution is 0.149. The molecule has 1 fully saturated rings. The number of nitrogens with zero attached hydrogens (tertiary/aromatic N) is 1. The van der Waals surface area contributed by atoms with Gasteiger partial charge in [0.05, 0.1) is 0 Å². The number of halogens is 1. The molecular formula is C14H21FN2. The van der Waals surface area contributed by atoms with Gasteiger partial charge in [-0.1, -0.05) is 12.1 Å². The molecule has 3 heteroatoms. The lowest BCUT2D eigenvalue weighted by Gasteiger charge is -2.36. The van der Waals surface area contributed by atoms with Gasteiger partial charge in [-0.15, -0.1) is 0 Å². The third-order valence-electron chi connectivity index (χ3n) is 3.63. The minimum absolute atomic E-state index is 0.142. The fourth-order valence-electron chi connectivity index (χ4n) is 2.55. The summed E-state index contributed by atoms with van der Waals surface area (Å²) in [6.07, 6.45) is 3.06. The van der Waals surface area contributed by atoms with Gasteiger partial charge in [0.1, 0.15) is 5.82 Å². The topological polar surface area (TPSA) is 29.3 Å². The SMILES string of the molecule is CC1CC(N)CCN1CCc1cccc(F)c1. The lowest BCUT2D eigenvalue weighted by Crippen LogP contribution is -2.46. The molecule has 0 amide bonds. The van der Waals surface area contributed by atoms with Crippen molar-refractivity contribution in [3.8, 4) is 0 Å². The molecular weight excluding hydrogens is 215 g/mol. The highest BCUT2D eigenvalue weighted by atomic mass is 19.1. The monoisotopic (exact) mass is 236 g/mol. The van der Waals surface area contributed by atoms with Gasteiger partial charge in [0, 0.05) is 18.6 Å². The zero-order chi connectivity index (χ0) is 12.3. The van der Waals surface area contributed by atoms with Gasteiger partial charge in [0.15, 0.2) is 0 Å². The molecule has 1 heterocycles. The Balaban J connectivity index is 1.86. The van der Waals surface area contributed by atoms with E-state index < -0.39 is 0 Å². The Labute approximate surface area is 103 Å². The third kappa shape index (κ3) is 3.51. The van der Waals surface area contributed by atoms with Gasteiger partial charge in [0.2, 0.25) is 0 Å². The number of piperidine rings is 1. The Kier molecular flexibility index (Phi) is 4.13. The average molecular weight is 236 g/mol. The van der Waals surface area contributed by atoms with Crippen LogP contribution in [0.15, 0.2) is 24.3 Å². The van der Waals surface area contributed by atoms with Gasteiger partial charge in [-0.3, -0.25) is 0 Å². The number of benzene rings is 1. The summed E-state index contributed by atoms with van der Waals surface area (Å²) in [6.45, 7) is 4.29. The lowest BCUT2D eigenvalue weighted by atomic mass is 9.98. The fraction of sp³-hybridized carbons (Fsp3) is 0.571. The highest BCUT2D eigenvalue weighted by molar-refractivity contribution is 5.16. The van der Waals surface area contributed by atoms with Crippen molar-refractivity contribution in [1.29, 1.82) is 0 Å². The van der Waals surface area contributed by atoms with E-state index in [1.807, 2.05) is 6.07 Å². The number of hydrogen-bond donors (Lipinski definition) is 1. The number of likely N-dealkylation sites (tertiary alicyclic amines) is 1. The second kappa shape index (κ2) is 5.61. The molecule has 1 aromatic rings. The highest BCUT2D eigenvalue weighted by Gasteiger charge is 2.22. The van der Waals surface area contributed by atoms with Gasteiger partial charge in [-0.05, 0) is 50.4 Å². The van der Waals surface area contributed by atoms with Crippen LogP contribution in [0, 0.1) is 5.82 Å². The van der Waals surface area contributed by atoms with Crippen LogP contribution in [-0.4, -0.2) is 30.1 Å². The Morgan fingerprint density at radius 2 is 2.29 bits per heavy atom. The van der Waals surface area contributed by atoms with Crippen LogP contribution in [0.2, 0.25) is 0 Å². The van der Waals surface area contributed by atoms with Crippen molar-refractivity contribution in [3.05, 3.63) is 35.6 Å². The molecule has 1 aliphatic rings. The molecule has 0 bridgehead atoms. The van der Waals surface area contributed by atoms with E-state index in [0.717, 1.165) is 37.9 Å². The Morgan fingerprint density at radius 3 is 3.00 bits per heavy atom. The zero-order valence-corrected chi connectivity index (χ0v) is 10.4. The summed E-state index contributed by atoms with van der Waals surface area (Å²) in [5, 5.41) is 0. The Hall–Kier alpha value is -0.930. The molecule has 17 heavy (non-hydrogen) atoms. The third-order valence-corrected chi connectivity index (χ3v) is 3.63. The Morgan fingerprint density at radius 1 is 1.47 bits per heavy atom. The highest BCUT2D eigenvalue weighted by Crippen LogP contribution is 2.16. The van der Waals surface area contributed by atoms with Gasteiger partial charge in [0.25, 0.3) is 0 Å². The maximum atomic E-state index is 13.0. The van der Waals surface area contributed by atoms with E-state index in [1.165, 1.54) is 6.07 Å². The minimum Gasteiger partial charge on any atom is -0.328 e. The first-order valence-corrected chi connectivity index (χ1v) is 6.39. The van der Waals surface area contributed by atoms with Crippen LogP contribution in [0.4, 0.5) is 4.39 Å².